The molecule has 0 bridgehead atoms. The van der Waals surface area contributed by atoms with E-state index in [1.54, 1.807) is 11.3 Å². The maximum absolute atomic E-state index is 5.90. The molecule has 0 N–H and O–H groups in total. The molecular weight excluding hydrogens is 254 g/mol. The Morgan fingerprint density at radius 2 is 2.18 bits per heavy atom. The Morgan fingerprint density at radius 3 is 2.82 bits per heavy atom. The highest BCUT2D eigenvalue weighted by Gasteiger charge is 2.07. The average Bonchev–Trinajstić information content (AvgIpc) is 2.73. The van der Waals surface area contributed by atoms with Crippen LogP contribution in [0.3, 0.4) is 0 Å². The maximum Gasteiger partial charge on any atom is 0.140 e. The topological polar surface area (TPSA) is 22.1 Å². The van der Waals surface area contributed by atoms with Gasteiger partial charge in [0, 0.05) is 16.6 Å². The van der Waals surface area contributed by atoms with Gasteiger partial charge < -0.3 is 4.74 Å². The molecule has 0 aliphatic carbocycles. The van der Waals surface area contributed by atoms with E-state index in [1.165, 1.54) is 0 Å². The Balaban J connectivity index is 2.13. The van der Waals surface area contributed by atoms with Gasteiger partial charge in [-0.05, 0) is 19.4 Å². The predicted molar refractivity (Wildman–Crippen MR) is 71.9 cm³/mol. The number of hydrogen-bond acceptors (Lipinski definition) is 3. The summed E-state index contributed by atoms with van der Waals surface area (Å²) in [5.74, 6) is 1.35. The lowest BCUT2D eigenvalue weighted by atomic mass is 10.1. The minimum absolute atomic E-state index is 0.466. The zero-order valence-electron chi connectivity index (χ0n) is 9.87. The van der Waals surface area contributed by atoms with Gasteiger partial charge >= 0.3 is 0 Å². The van der Waals surface area contributed by atoms with Crippen LogP contribution in [0.2, 0.25) is 0 Å². The molecule has 0 aliphatic heterocycles. The molecule has 0 radical (unpaired) electrons. The summed E-state index contributed by atoms with van der Waals surface area (Å²) in [4.78, 5) is 4.37. The zero-order valence-corrected chi connectivity index (χ0v) is 11.4. The van der Waals surface area contributed by atoms with Crippen LogP contribution in [0, 0.1) is 13.8 Å². The third-order valence-electron chi connectivity index (χ3n) is 2.44. The van der Waals surface area contributed by atoms with Crippen LogP contribution in [0.25, 0.3) is 0 Å². The van der Waals surface area contributed by atoms with E-state index in [4.69, 9.17) is 16.3 Å². The lowest BCUT2D eigenvalue weighted by molar-refractivity contribution is 0.301. The van der Waals surface area contributed by atoms with Crippen molar-refractivity contribution < 1.29 is 4.74 Å². The molecule has 2 rings (SSSR count). The van der Waals surface area contributed by atoms with Crippen LogP contribution in [-0.2, 0) is 12.5 Å². The molecule has 4 heteroatoms. The molecule has 1 aromatic carbocycles. The van der Waals surface area contributed by atoms with Crippen LogP contribution in [0.5, 0.6) is 5.75 Å². The molecule has 0 aliphatic rings. The van der Waals surface area contributed by atoms with E-state index in [1.807, 2.05) is 37.4 Å². The predicted octanol–water partition coefficient (Wildman–Crippen LogP) is 4.08. The Labute approximate surface area is 110 Å². The summed E-state index contributed by atoms with van der Waals surface area (Å²) in [5.41, 5.74) is 3.17. The Hall–Kier alpha value is -1.06. The van der Waals surface area contributed by atoms with Gasteiger partial charge in [0.15, 0.2) is 0 Å². The highest BCUT2D eigenvalue weighted by Crippen LogP contribution is 2.26. The number of rotatable bonds is 4. The first-order chi connectivity index (χ1) is 8.20. The van der Waals surface area contributed by atoms with E-state index in [0.717, 1.165) is 27.6 Å². The second-order valence-electron chi connectivity index (χ2n) is 3.87. The summed E-state index contributed by atoms with van der Waals surface area (Å²) in [5, 5.41) is 3.02. The van der Waals surface area contributed by atoms with Crippen molar-refractivity contribution in [1.82, 2.24) is 4.98 Å². The molecule has 0 atom stereocenters. The normalized spacial score (nSPS) is 10.5. The molecule has 1 heterocycles. The Bertz CT molecular complexity index is 510. The van der Waals surface area contributed by atoms with Crippen molar-refractivity contribution in [3.05, 3.63) is 45.4 Å². The molecule has 0 saturated carbocycles. The SMILES string of the molecule is Cc1csc(COc2c(C)cccc2CCl)n1. The molecule has 0 spiro atoms. The fourth-order valence-corrected chi connectivity index (χ4v) is 2.52. The van der Waals surface area contributed by atoms with Crippen molar-refractivity contribution in [2.24, 2.45) is 0 Å². The van der Waals surface area contributed by atoms with Gasteiger partial charge in [0.25, 0.3) is 0 Å². The number of ether oxygens (including phenoxy) is 1. The number of hydrogen-bond donors (Lipinski definition) is 0. The highest BCUT2D eigenvalue weighted by atomic mass is 35.5. The largest absolute Gasteiger partial charge is 0.486 e. The first kappa shape index (κ1) is 12.4. The van der Waals surface area contributed by atoms with Crippen LogP contribution in [0.15, 0.2) is 23.6 Å². The van der Waals surface area contributed by atoms with Gasteiger partial charge in [-0.2, -0.15) is 0 Å². The van der Waals surface area contributed by atoms with Crippen molar-refractivity contribution >= 4 is 22.9 Å². The molecule has 1 aromatic heterocycles. The zero-order chi connectivity index (χ0) is 12.3. The fourth-order valence-electron chi connectivity index (χ4n) is 1.63. The second kappa shape index (κ2) is 5.52. The molecule has 0 unspecified atom stereocenters. The monoisotopic (exact) mass is 267 g/mol. The lowest BCUT2D eigenvalue weighted by Gasteiger charge is -2.11. The third kappa shape index (κ3) is 2.99. The summed E-state index contributed by atoms with van der Waals surface area (Å²) >= 11 is 7.52. The standard InChI is InChI=1S/C13H14ClNOS/c1-9-4-3-5-11(6-14)13(9)16-7-12-15-10(2)8-17-12/h3-5,8H,6-7H2,1-2H3. The van der Waals surface area contributed by atoms with Crippen LogP contribution in [-0.4, -0.2) is 4.98 Å². The first-order valence-electron chi connectivity index (χ1n) is 5.39. The van der Waals surface area contributed by atoms with E-state index < -0.39 is 0 Å². The van der Waals surface area contributed by atoms with Crippen molar-refractivity contribution in [3.63, 3.8) is 0 Å². The average molecular weight is 268 g/mol. The smallest absolute Gasteiger partial charge is 0.140 e. The maximum atomic E-state index is 5.90. The lowest BCUT2D eigenvalue weighted by Crippen LogP contribution is -1.99. The fraction of sp³-hybridized carbons (Fsp3) is 0.308. The summed E-state index contributed by atoms with van der Waals surface area (Å²) in [6.07, 6.45) is 0. The van der Waals surface area contributed by atoms with Crippen molar-refractivity contribution in [2.45, 2.75) is 26.3 Å². The number of nitrogens with zero attached hydrogens (tertiary/aromatic N) is 1. The summed E-state index contributed by atoms with van der Waals surface area (Å²) in [7, 11) is 0. The van der Waals surface area contributed by atoms with Crippen molar-refractivity contribution in [3.8, 4) is 5.75 Å². The van der Waals surface area contributed by atoms with E-state index in [9.17, 15) is 0 Å². The molecule has 0 amide bonds. The highest BCUT2D eigenvalue weighted by molar-refractivity contribution is 7.09. The summed E-state index contributed by atoms with van der Waals surface area (Å²) in [6, 6.07) is 6.01. The van der Waals surface area contributed by atoms with Gasteiger partial charge in [-0.1, -0.05) is 18.2 Å². The second-order valence-corrected chi connectivity index (χ2v) is 5.08. The van der Waals surface area contributed by atoms with Crippen LogP contribution >= 0.6 is 22.9 Å². The van der Waals surface area contributed by atoms with Gasteiger partial charge in [-0.25, -0.2) is 4.98 Å². The number of para-hydroxylation sites is 1. The van der Waals surface area contributed by atoms with Crippen molar-refractivity contribution in [2.75, 3.05) is 0 Å². The van der Waals surface area contributed by atoms with Gasteiger partial charge in [0.2, 0.25) is 0 Å². The van der Waals surface area contributed by atoms with Gasteiger partial charge in [-0.15, -0.1) is 22.9 Å². The minimum Gasteiger partial charge on any atom is -0.486 e. The van der Waals surface area contributed by atoms with Gasteiger partial charge in [0.05, 0.1) is 5.88 Å². The minimum atomic E-state index is 0.466. The molecule has 90 valence electrons. The number of thiazole rings is 1. The molecule has 0 saturated heterocycles. The van der Waals surface area contributed by atoms with E-state index in [2.05, 4.69) is 4.98 Å². The van der Waals surface area contributed by atoms with E-state index in [-0.39, 0.29) is 0 Å². The van der Waals surface area contributed by atoms with Gasteiger partial charge in [-0.3, -0.25) is 0 Å². The Morgan fingerprint density at radius 1 is 1.35 bits per heavy atom. The van der Waals surface area contributed by atoms with E-state index >= 15 is 0 Å². The molecule has 2 nitrogen and oxygen atoms in total. The third-order valence-corrected chi connectivity index (χ3v) is 3.67. The van der Waals surface area contributed by atoms with Crippen LogP contribution < -0.4 is 4.74 Å². The van der Waals surface area contributed by atoms with Crippen LogP contribution in [0.4, 0.5) is 0 Å². The Kier molecular flexibility index (Phi) is 4.02. The molecule has 2 aromatic rings. The quantitative estimate of drug-likeness (QED) is 0.779. The summed E-state index contributed by atoms with van der Waals surface area (Å²) in [6.45, 7) is 4.52. The number of halogens is 1. The van der Waals surface area contributed by atoms with Crippen molar-refractivity contribution in [1.29, 1.82) is 0 Å². The number of aromatic nitrogens is 1. The van der Waals surface area contributed by atoms with Gasteiger partial charge in [0.1, 0.15) is 17.4 Å². The summed E-state index contributed by atoms with van der Waals surface area (Å²) < 4.78 is 5.82. The molecule has 0 fully saturated rings. The number of aryl methyl sites for hydroxylation is 2. The first-order valence-corrected chi connectivity index (χ1v) is 6.80. The molecular formula is C13H14ClNOS. The molecule has 17 heavy (non-hydrogen) atoms. The number of benzene rings is 1. The van der Waals surface area contributed by atoms with Crippen LogP contribution in [0.1, 0.15) is 21.8 Å². The van der Waals surface area contributed by atoms with E-state index in [0.29, 0.717) is 12.5 Å². The number of alkyl halides is 1.